The maximum atomic E-state index is 13.2. The first kappa shape index (κ1) is 13.0. The quantitative estimate of drug-likeness (QED) is 0.902. The number of aromatic hydroxyl groups is 1. The van der Waals surface area contributed by atoms with Gasteiger partial charge < -0.3 is 9.63 Å². The summed E-state index contributed by atoms with van der Waals surface area (Å²) in [6.45, 7) is 0. The lowest BCUT2D eigenvalue weighted by molar-refractivity contribution is 0.413. The van der Waals surface area contributed by atoms with Crippen molar-refractivity contribution in [3.8, 4) is 17.2 Å². The molecule has 0 amide bonds. The molecule has 2 heterocycles. The van der Waals surface area contributed by atoms with Crippen molar-refractivity contribution in [2.24, 2.45) is 0 Å². The molecule has 6 nitrogen and oxygen atoms in total. The van der Waals surface area contributed by atoms with Crippen molar-refractivity contribution in [1.29, 1.82) is 0 Å². The normalized spacial score (nSPS) is 21.1. The Hall–Kier alpha value is -1.96. The molecule has 1 aliphatic rings. The first-order chi connectivity index (χ1) is 9.44. The maximum absolute atomic E-state index is 13.2. The van der Waals surface area contributed by atoms with E-state index in [0.29, 0.717) is 6.42 Å². The SMILES string of the molecule is O=S1(=O)CCC(c2noc(-c3cc(F)ccc3O)n2)C1. The van der Waals surface area contributed by atoms with E-state index in [4.69, 9.17) is 4.52 Å². The molecule has 20 heavy (non-hydrogen) atoms. The number of halogens is 1. The lowest BCUT2D eigenvalue weighted by atomic mass is 10.1. The zero-order chi connectivity index (χ0) is 14.3. The van der Waals surface area contributed by atoms with Crippen molar-refractivity contribution in [3.63, 3.8) is 0 Å². The van der Waals surface area contributed by atoms with Gasteiger partial charge >= 0.3 is 0 Å². The molecular formula is C12H11FN2O4S. The highest BCUT2D eigenvalue weighted by molar-refractivity contribution is 7.91. The van der Waals surface area contributed by atoms with Crippen LogP contribution in [0.15, 0.2) is 22.7 Å². The highest BCUT2D eigenvalue weighted by Crippen LogP contribution is 2.32. The summed E-state index contributed by atoms with van der Waals surface area (Å²) in [5, 5.41) is 13.4. The number of nitrogens with zero attached hydrogens (tertiary/aromatic N) is 2. The Labute approximate surface area is 114 Å². The number of rotatable bonds is 2. The van der Waals surface area contributed by atoms with E-state index in [1.807, 2.05) is 0 Å². The van der Waals surface area contributed by atoms with Crippen LogP contribution in [0.25, 0.3) is 11.5 Å². The van der Waals surface area contributed by atoms with E-state index in [0.717, 1.165) is 12.1 Å². The van der Waals surface area contributed by atoms with Crippen LogP contribution in [0.4, 0.5) is 4.39 Å². The third-order valence-electron chi connectivity index (χ3n) is 3.23. The number of phenolic OH excluding ortho intramolecular Hbond substituents is 1. The van der Waals surface area contributed by atoms with Crippen LogP contribution in [0.1, 0.15) is 18.2 Å². The number of sulfone groups is 1. The van der Waals surface area contributed by atoms with E-state index < -0.39 is 15.7 Å². The molecule has 0 saturated carbocycles. The van der Waals surface area contributed by atoms with Gasteiger partial charge in [-0.25, -0.2) is 12.8 Å². The average molecular weight is 298 g/mol. The molecule has 106 valence electrons. The van der Waals surface area contributed by atoms with Gasteiger partial charge in [0.25, 0.3) is 5.89 Å². The smallest absolute Gasteiger partial charge is 0.261 e. The number of phenols is 1. The topological polar surface area (TPSA) is 93.3 Å². The van der Waals surface area contributed by atoms with Gasteiger partial charge in [-0.1, -0.05) is 5.16 Å². The molecule has 1 aliphatic heterocycles. The molecule has 2 aromatic rings. The average Bonchev–Trinajstić information content (AvgIpc) is 2.98. The van der Waals surface area contributed by atoms with E-state index >= 15 is 0 Å². The van der Waals surface area contributed by atoms with Crippen LogP contribution < -0.4 is 0 Å². The fraction of sp³-hybridized carbons (Fsp3) is 0.333. The minimum atomic E-state index is -3.04. The zero-order valence-corrected chi connectivity index (χ0v) is 11.1. The van der Waals surface area contributed by atoms with Gasteiger partial charge in [0.2, 0.25) is 0 Å². The number of benzene rings is 1. The molecule has 1 N–H and O–H groups in total. The summed E-state index contributed by atoms with van der Waals surface area (Å²) < 4.78 is 41.0. The van der Waals surface area contributed by atoms with Crippen LogP contribution >= 0.6 is 0 Å². The molecule has 0 spiro atoms. The van der Waals surface area contributed by atoms with Crippen molar-refractivity contribution in [3.05, 3.63) is 29.8 Å². The third-order valence-corrected chi connectivity index (χ3v) is 5.00. The largest absolute Gasteiger partial charge is 0.507 e. The fourth-order valence-electron chi connectivity index (χ4n) is 2.19. The van der Waals surface area contributed by atoms with Gasteiger partial charge in [-0.05, 0) is 24.6 Å². The molecule has 8 heteroatoms. The molecule has 3 rings (SSSR count). The summed E-state index contributed by atoms with van der Waals surface area (Å²) in [6, 6.07) is 3.38. The summed E-state index contributed by atoms with van der Waals surface area (Å²) >= 11 is 0. The third kappa shape index (κ3) is 2.38. The monoisotopic (exact) mass is 298 g/mol. The molecular weight excluding hydrogens is 287 g/mol. The van der Waals surface area contributed by atoms with Crippen molar-refractivity contribution in [2.75, 3.05) is 11.5 Å². The summed E-state index contributed by atoms with van der Waals surface area (Å²) in [5.41, 5.74) is 0.0876. The lowest BCUT2D eigenvalue weighted by Gasteiger charge is -1.99. The molecule has 1 atom stereocenters. The summed E-state index contributed by atoms with van der Waals surface area (Å²) in [5.74, 6) is -0.700. The second-order valence-electron chi connectivity index (χ2n) is 4.72. The maximum Gasteiger partial charge on any atom is 0.261 e. The van der Waals surface area contributed by atoms with Crippen LogP contribution in [0.5, 0.6) is 5.75 Å². The standard InChI is InChI=1S/C12H11FN2O4S/c13-8-1-2-10(16)9(5-8)12-14-11(15-19-12)7-3-4-20(17,18)6-7/h1-2,5,7,16H,3-4,6H2. The Morgan fingerprint density at radius 1 is 1.40 bits per heavy atom. The summed E-state index contributed by atoms with van der Waals surface area (Å²) in [7, 11) is -3.04. The van der Waals surface area contributed by atoms with Crippen molar-refractivity contribution >= 4 is 9.84 Å². The first-order valence-electron chi connectivity index (χ1n) is 5.97. The Bertz CT molecular complexity index is 757. The molecule has 1 aromatic heterocycles. The van der Waals surface area contributed by atoms with Crippen molar-refractivity contribution in [2.45, 2.75) is 12.3 Å². The van der Waals surface area contributed by atoms with Gasteiger partial charge in [0.15, 0.2) is 15.7 Å². The predicted octanol–water partition coefficient (Wildman–Crippen LogP) is 1.48. The van der Waals surface area contributed by atoms with Crippen LogP contribution in [0.2, 0.25) is 0 Å². The van der Waals surface area contributed by atoms with E-state index in [2.05, 4.69) is 10.1 Å². The highest BCUT2D eigenvalue weighted by atomic mass is 32.2. The van der Waals surface area contributed by atoms with Gasteiger partial charge in [0.05, 0.1) is 17.1 Å². The molecule has 1 unspecified atom stereocenters. The van der Waals surface area contributed by atoms with E-state index in [1.54, 1.807) is 0 Å². The Kier molecular flexibility index (Phi) is 2.97. The first-order valence-corrected chi connectivity index (χ1v) is 7.80. The van der Waals surface area contributed by atoms with Crippen molar-refractivity contribution in [1.82, 2.24) is 10.1 Å². The van der Waals surface area contributed by atoms with E-state index in [9.17, 15) is 17.9 Å². The molecule has 1 aromatic carbocycles. The second kappa shape index (κ2) is 4.55. The van der Waals surface area contributed by atoms with Gasteiger partial charge in [-0.3, -0.25) is 0 Å². The van der Waals surface area contributed by atoms with Gasteiger partial charge in [-0.15, -0.1) is 0 Å². The predicted molar refractivity (Wildman–Crippen MR) is 67.4 cm³/mol. The fourth-order valence-corrected chi connectivity index (χ4v) is 3.93. The van der Waals surface area contributed by atoms with E-state index in [1.165, 1.54) is 6.07 Å². The number of hydrogen-bond acceptors (Lipinski definition) is 6. The Morgan fingerprint density at radius 3 is 2.90 bits per heavy atom. The summed E-state index contributed by atoms with van der Waals surface area (Å²) in [6.07, 6.45) is 0.441. The molecule has 0 bridgehead atoms. The minimum Gasteiger partial charge on any atom is -0.507 e. The van der Waals surface area contributed by atoms with Crippen molar-refractivity contribution < 1.29 is 22.4 Å². The second-order valence-corrected chi connectivity index (χ2v) is 6.95. The highest BCUT2D eigenvalue weighted by Gasteiger charge is 2.32. The van der Waals surface area contributed by atoms with Gasteiger partial charge in [0, 0.05) is 5.92 Å². The van der Waals surface area contributed by atoms with Crippen LogP contribution in [0, 0.1) is 5.82 Å². The molecule has 1 saturated heterocycles. The zero-order valence-electron chi connectivity index (χ0n) is 10.3. The Balaban J connectivity index is 1.93. The number of hydrogen-bond donors (Lipinski definition) is 1. The van der Waals surface area contributed by atoms with Crippen LogP contribution in [0.3, 0.4) is 0 Å². The van der Waals surface area contributed by atoms with Gasteiger partial charge in [-0.2, -0.15) is 4.98 Å². The lowest BCUT2D eigenvalue weighted by Crippen LogP contribution is -2.05. The number of aromatic nitrogens is 2. The summed E-state index contributed by atoms with van der Waals surface area (Å²) in [4.78, 5) is 4.06. The van der Waals surface area contributed by atoms with Gasteiger partial charge in [0.1, 0.15) is 11.6 Å². The van der Waals surface area contributed by atoms with Crippen LogP contribution in [-0.4, -0.2) is 35.2 Å². The molecule has 0 aliphatic carbocycles. The van der Waals surface area contributed by atoms with Crippen LogP contribution in [-0.2, 0) is 9.84 Å². The minimum absolute atomic E-state index is 0.0128. The van der Waals surface area contributed by atoms with E-state index in [-0.39, 0.29) is 40.5 Å². The Morgan fingerprint density at radius 2 is 2.20 bits per heavy atom. The molecule has 0 radical (unpaired) electrons. The molecule has 1 fully saturated rings.